The highest BCUT2D eigenvalue weighted by Gasteiger charge is 2.16. The van der Waals surface area contributed by atoms with E-state index >= 15 is 0 Å². The molecule has 31 heavy (non-hydrogen) atoms. The third-order valence-corrected chi connectivity index (χ3v) is 5.11. The fourth-order valence-electron chi connectivity index (χ4n) is 2.84. The Balaban J connectivity index is 1.35. The third kappa shape index (κ3) is 5.37. The second-order valence-electron chi connectivity index (χ2n) is 7.94. The van der Waals surface area contributed by atoms with E-state index in [1.807, 2.05) is 51.2 Å². The summed E-state index contributed by atoms with van der Waals surface area (Å²) >= 11 is 1.43. The number of rotatable bonds is 5. The van der Waals surface area contributed by atoms with E-state index in [9.17, 15) is 9.18 Å². The van der Waals surface area contributed by atoms with Crippen molar-refractivity contribution < 1.29 is 13.9 Å². The van der Waals surface area contributed by atoms with Crippen LogP contribution < -0.4 is 10.6 Å². The molecule has 4 aromatic rings. The maximum Gasteiger partial charge on any atom is 0.412 e. The second kappa shape index (κ2) is 8.35. The van der Waals surface area contributed by atoms with Gasteiger partial charge in [0.25, 0.3) is 0 Å². The van der Waals surface area contributed by atoms with Crippen LogP contribution in [0.1, 0.15) is 26.3 Å². The number of carbonyl (C=O) groups is 1. The van der Waals surface area contributed by atoms with Crippen LogP contribution in [0.3, 0.4) is 0 Å². The quantitative estimate of drug-likeness (QED) is 0.426. The zero-order valence-corrected chi connectivity index (χ0v) is 18.2. The van der Waals surface area contributed by atoms with Gasteiger partial charge in [0, 0.05) is 17.8 Å². The summed E-state index contributed by atoms with van der Waals surface area (Å²) in [4.78, 5) is 17.1. The normalized spacial score (nSPS) is 11.5. The molecule has 4 rings (SSSR count). The zero-order valence-electron chi connectivity index (χ0n) is 17.3. The summed E-state index contributed by atoms with van der Waals surface area (Å²) in [5.41, 5.74) is 2.75. The highest BCUT2D eigenvalue weighted by atomic mass is 32.1. The first kappa shape index (κ1) is 20.8. The number of nitrogens with zero attached hydrogens (tertiary/aromatic N) is 3. The van der Waals surface area contributed by atoms with Crippen molar-refractivity contribution in [1.82, 2.24) is 14.6 Å². The Bertz CT molecular complexity index is 1160. The van der Waals surface area contributed by atoms with Crippen LogP contribution >= 0.6 is 11.3 Å². The smallest absolute Gasteiger partial charge is 0.412 e. The predicted molar refractivity (Wildman–Crippen MR) is 120 cm³/mol. The van der Waals surface area contributed by atoms with E-state index in [1.54, 1.807) is 16.6 Å². The molecule has 9 heteroatoms. The lowest BCUT2D eigenvalue weighted by molar-refractivity contribution is 0.0636. The van der Waals surface area contributed by atoms with Gasteiger partial charge in [0.15, 0.2) is 0 Å². The molecule has 0 spiro atoms. The highest BCUT2D eigenvalue weighted by Crippen LogP contribution is 2.25. The van der Waals surface area contributed by atoms with Crippen molar-refractivity contribution in [2.45, 2.75) is 32.9 Å². The first-order valence-corrected chi connectivity index (χ1v) is 10.5. The number of hydrogen-bond acceptors (Lipinski definition) is 6. The molecule has 0 aliphatic rings. The summed E-state index contributed by atoms with van der Waals surface area (Å²) in [7, 11) is 0. The zero-order chi connectivity index (χ0) is 22.0. The standard InChI is InChI=1S/C22H22FN5O2S/c1-22(2,3)30-21(29)25-17-10-4-14(5-11-17)12-24-19-27-28-13-18(26-20(28)31-19)15-6-8-16(23)9-7-15/h4-11,13H,12H2,1-3H3,(H,24,27)(H,25,29). The molecule has 0 aliphatic heterocycles. The third-order valence-electron chi connectivity index (χ3n) is 4.23. The first-order chi connectivity index (χ1) is 14.7. The number of carbonyl (C=O) groups excluding carboxylic acids is 1. The van der Waals surface area contributed by atoms with E-state index in [1.165, 1.54) is 23.5 Å². The minimum atomic E-state index is -0.540. The lowest BCUT2D eigenvalue weighted by Gasteiger charge is -2.19. The molecule has 0 saturated heterocycles. The van der Waals surface area contributed by atoms with Crippen molar-refractivity contribution in [2.24, 2.45) is 0 Å². The number of ether oxygens (including phenoxy) is 1. The number of fused-ring (bicyclic) bond motifs is 1. The van der Waals surface area contributed by atoms with Gasteiger partial charge in [0.05, 0.1) is 11.9 Å². The average Bonchev–Trinajstić information content (AvgIpc) is 3.25. The van der Waals surface area contributed by atoms with E-state index < -0.39 is 11.7 Å². The molecule has 0 bridgehead atoms. The number of nitrogens with one attached hydrogen (secondary N) is 2. The molecule has 0 fully saturated rings. The molecule has 0 aliphatic carbocycles. The molecular formula is C22H22FN5O2S. The van der Waals surface area contributed by atoms with Crippen molar-refractivity contribution in [2.75, 3.05) is 10.6 Å². The van der Waals surface area contributed by atoms with Crippen LogP contribution in [0.2, 0.25) is 0 Å². The van der Waals surface area contributed by atoms with Gasteiger partial charge in [-0.25, -0.2) is 18.7 Å². The summed E-state index contributed by atoms with van der Waals surface area (Å²) in [5, 5.41) is 11.2. The van der Waals surface area contributed by atoms with Gasteiger partial charge in [-0.2, -0.15) is 0 Å². The minimum Gasteiger partial charge on any atom is -0.444 e. The number of halogens is 1. The van der Waals surface area contributed by atoms with E-state index in [2.05, 4.69) is 20.7 Å². The van der Waals surface area contributed by atoms with Crippen molar-refractivity contribution in [1.29, 1.82) is 0 Å². The van der Waals surface area contributed by atoms with Crippen molar-refractivity contribution in [3.05, 3.63) is 66.1 Å². The Labute approximate surface area is 182 Å². The van der Waals surface area contributed by atoms with Crippen molar-refractivity contribution in [3.8, 4) is 11.3 Å². The molecule has 7 nitrogen and oxygen atoms in total. The van der Waals surface area contributed by atoms with Crippen molar-refractivity contribution >= 4 is 33.2 Å². The van der Waals surface area contributed by atoms with Gasteiger partial charge in [-0.1, -0.05) is 23.5 Å². The number of aromatic nitrogens is 3. The molecule has 0 saturated carbocycles. The maximum absolute atomic E-state index is 13.1. The molecular weight excluding hydrogens is 417 g/mol. The fourth-order valence-corrected chi connectivity index (χ4v) is 3.61. The number of amides is 1. The number of hydrogen-bond donors (Lipinski definition) is 2. The highest BCUT2D eigenvalue weighted by molar-refractivity contribution is 7.20. The Morgan fingerprint density at radius 3 is 2.48 bits per heavy atom. The Hall–Kier alpha value is -3.46. The maximum atomic E-state index is 13.1. The van der Waals surface area contributed by atoms with Crippen LogP contribution in [0.25, 0.3) is 16.2 Å². The van der Waals surface area contributed by atoms with Gasteiger partial charge in [-0.3, -0.25) is 5.32 Å². The number of benzene rings is 2. The largest absolute Gasteiger partial charge is 0.444 e. The molecule has 2 aromatic carbocycles. The van der Waals surface area contributed by atoms with Gasteiger partial charge >= 0.3 is 6.09 Å². The molecule has 2 heterocycles. The van der Waals surface area contributed by atoms with Crippen LogP contribution in [0.5, 0.6) is 0 Å². The SMILES string of the molecule is CC(C)(C)OC(=O)Nc1ccc(CNc2nn3cc(-c4ccc(F)cc4)nc3s2)cc1. The molecule has 160 valence electrons. The lowest BCUT2D eigenvalue weighted by atomic mass is 10.2. The molecule has 0 radical (unpaired) electrons. The number of imidazole rings is 1. The Morgan fingerprint density at radius 2 is 1.84 bits per heavy atom. The van der Waals surface area contributed by atoms with Gasteiger partial charge in [-0.05, 0) is 62.7 Å². The molecule has 2 aromatic heterocycles. The van der Waals surface area contributed by atoms with Gasteiger partial charge in [-0.15, -0.1) is 5.10 Å². The Kier molecular flexibility index (Phi) is 5.60. The fraction of sp³-hybridized carbons (Fsp3) is 0.227. The summed E-state index contributed by atoms with van der Waals surface area (Å²) in [6, 6.07) is 13.7. The van der Waals surface area contributed by atoms with E-state index in [4.69, 9.17) is 4.74 Å². The number of anilines is 2. The van der Waals surface area contributed by atoms with Crippen LogP contribution in [-0.4, -0.2) is 26.3 Å². The topological polar surface area (TPSA) is 80.5 Å². The van der Waals surface area contributed by atoms with Crippen LogP contribution in [0.4, 0.5) is 20.0 Å². The predicted octanol–water partition coefficient (Wildman–Crippen LogP) is 5.56. The summed E-state index contributed by atoms with van der Waals surface area (Å²) in [5.74, 6) is -0.275. The summed E-state index contributed by atoms with van der Waals surface area (Å²) in [6.07, 6.45) is 1.34. The monoisotopic (exact) mass is 439 g/mol. The molecule has 0 unspecified atom stereocenters. The molecule has 0 atom stereocenters. The van der Waals surface area contributed by atoms with Crippen LogP contribution in [0, 0.1) is 5.82 Å². The lowest BCUT2D eigenvalue weighted by Crippen LogP contribution is -2.27. The summed E-state index contributed by atoms with van der Waals surface area (Å²) < 4.78 is 20.0. The van der Waals surface area contributed by atoms with Gasteiger partial charge < -0.3 is 10.1 Å². The van der Waals surface area contributed by atoms with Crippen LogP contribution in [-0.2, 0) is 11.3 Å². The van der Waals surface area contributed by atoms with Gasteiger partial charge in [0.1, 0.15) is 11.4 Å². The van der Waals surface area contributed by atoms with Crippen LogP contribution in [0.15, 0.2) is 54.7 Å². The first-order valence-electron chi connectivity index (χ1n) is 9.70. The van der Waals surface area contributed by atoms with E-state index in [-0.39, 0.29) is 5.82 Å². The van der Waals surface area contributed by atoms with Crippen molar-refractivity contribution in [3.63, 3.8) is 0 Å². The second-order valence-corrected chi connectivity index (χ2v) is 8.90. The summed E-state index contributed by atoms with van der Waals surface area (Å²) in [6.45, 7) is 6.04. The van der Waals surface area contributed by atoms with E-state index in [0.29, 0.717) is 12.2 Å². The van der Waals surface area contributed by atoms with Gasteiger partial charge in [0.2, 0.25) is 10.1 Å². The van der Waals surface area contributed by atoms with E-state index in [0.717, 1.165) is 26.9 Å². The molecule has 2 N–H and O–H groups in total. The Morgan fingerprint density at radius 1 is 1.13 bits per heavy atom. The molecule has 1 amide bonds. The average molecular weight is 440 g/mol. The minimum absolute atomic E-state index is 0.275.